The summed E-state index contributed by atoms with van der Waals surface area (Å²) >= 11 is 0. The molecule has 0 radical (unpaired) electrons. The van der Waals surface area contributed by atoms with Crippen molar-refractivity contribution in [3.8, 4) is 44.5 Å². The summed E-state index contributed by atoms with van der Waals surface area (Å²) in [5.74, 6) is 0. The lowest BCUT2D eigenvalue weighted by atomic mass is 9.89. The topological polar surface area (TPSA) is 0 Å². The van der Waals surface area contributed by atoms with E-state index in [9.17, 15) is 0 Å². The molecule has 0 saturated carbocycles. The third-order valence-corrected chi connectivity index (χ3v) is 5.72. The van der Waals surface area contributed by atoms with Crippen LogP contribution in [0.1, 0.15) is 5.56 Å². The quantitative estimate of drug-likeness (QED) is 0.285. The van der Waals surface area contributed by atoms with Crippen LogP contribution in [0.2, 0.25) is 0 Å². The second kappa shape index (κ2) is 8.45. The lowest BCUT2D eigenvalue weighted by Crippen LogP contribution is -1.90. The molecular formula is C31H24. The van der Waals surface area contributed by atoms with Crippen LogP contribution < -0.4 is 0 Å². The first-order chi connectivity index (χ1) is 15.3. The van der Waals surface area contributed by atoms with Gasteiger partial charge in [-0.3, -0.25) is 0 Å². The van der Waals surface area contributed by atoms with E-state index in [-0.39, 0.29) is 0 Å². The van der Waals surface area contributed by atoms with Crippen molar-refractivity contribution >= 4 is 0 Å². The number of benzene rings is 5. The normalized spacial score (nSPS) is 10.7. The SMILES string of the molecule is Cc1cc(-c2ccccc2-c2ccccc2)cc(-c2ccccc2-c2ccccc2)c1. The predicted molar refractivity (Wildman–Crippen MR) is 133 cm³/mol. The van der Waals surface area contributed by atoms with Gasteiger partial charge in [0, 0.05) is 0 Å². The fraction of sp³-hybridized carbons (Fsp3) is 0.0323. The highest BCUT2D eigenvalue weighted by Gasteiger charge is 2.11. The molecule has 0 heterocycles. The molecule has 148 valence electrons. The minimum Gasteiger partial charge on any atom is -0.0622 e. The van der Waals surface area contributed by atoms with Crippen molar-refractivity contribution in [1.29, 1.82) is 0 Å². The number of hydrogen-bond donors (Lipinski definition) is 0. The Morgan fingerprint density at radius 3 is 1.03 bits per heavy atom. The van der Waals surface area contributed by atoms with E-state index in [2.05, 4.69) is 134 Å². The number of rotatable bonds is 4. The monoisotopic (exact) mass is 396 g/mol. The van der Waals surface area contributed by atoms with Gasteiger partial charge in [0.1, 0.15) is 0 Å². The Kier molecular flexibility index (Phi) is 5.21. The van der Waals surface area contributed by atoms with E-state index in [0.29, 0.717) is 0 Å². The van der Waals surface area contributed by atoms with Gasteiger partial charge < -0.3 is 0 Å². The molecule has 5 aromatic rings. The molecule has 0 aliphatic rings. The molecule has 0 amide bonds. The van der Waals surface area contributed by atoms with Crippen LogP contribution in [-0.2, 0) is 0 Å². The smallest absolute Gasteiger partial charge is 0.0105 e. The summed E-state index contributed by atoms with van der Waals surface area (Å²) in [5, 5.41) is 0. The molecular weight excluding hydrogens is 372 g/mol. The van der Waals surface area contributed by atoms with Gasteiger partial charge in [0.05, 0.1) is 0 Å². The average Bonchev–Trinajstić information content (AvgIpc) is 2.85. The first-order valence-electron chi connectivity index (χ1n) is 10.7. The molecule has 0 saturated heterocycles. The van der Waals surface area contributed by atoms with Crippen LogP contribution in [0, 0.1) is 6.92 Å². The van der Waals surface area contributed by atoms with E-state index in [1.807, 2.05) is 0 Å². The van der Waals surface area contributed by atoms with E-state index >= 15 is 0 Å². The van der Waals surface area contributed by atoms with E-state index in [4.69, 9.17) is 0 Å². The molecule has 5 rings (SSSR count). The highest BCUT2D eigenvalue weighted by Crippen LogP contribution is 2.37. The van der Waals surface area contributed by atoms with Crippen LogP contribution in [0.5, 0.6) is 0 Å². The predicted octanol–water partition coefficient (Wildman–Crippen LogP) is 8.66. The molecule has 0 heteroatoms. The van der Waals surface area contributed by atoms with E-state index in [1.54, 1.807) is 0 Å². The summed E-state index contributed by atoms with van der Waals surface area (Å²) in [4.78, 5) is 0. The minimum absolute atomic E-state index is 1.24. The highest BCUT2D eigenvalue weighted by atomic mass is 14.2. The Hall–Kier alpha value is -3.90. The van der Waals surface area contributed by atoms with Crippen LogP contribution in [0.3, 0.4) is 0 Å². The fourth-order valence-corrected chi connectivity index (χ4v) is 4.30. The van der Waals surface area contributed by atoms with Crippen LogP contribution in [0.15, 0.2) is 127 Å². The van der Waals surface area contributed by atoms with Gasteiger partial charge in [-0.05, 0) is 63.1 Å². The van der Waals surface area contributed by atoms with Crippen molar-refractivity contribution in [3.05, 3.63) is 133 Å². The van der Waals surface area contributed by atoms with Gasteiger partial charge in [-0.15, -0.1) is 0 Å². The van der Waals surface area contributed by atoms with Crippen molar-refractivity contribution < 1.29 is 0 Å². The number of hydrogen-bond acceptors (Lipinski definition) is 0. The summed E-state index contributed by atoms with van der Waals surface area (Å²) in [6, 6.07) is 45.5. The lowest BCUT2D eigenvalue weighted by molar-refractivity contribution is 1.45. The summed E-state index contributed by atoms with van der Waals surface area (Å²) in [7, 11) is 0. The molecule has 0 aliphatic heterocycles. The highest BCUT2D eigenvalue weighted by molar-refractivity contribution is 5.89. The summed E-state index contributed by atoms with van der Waals surface area (Å²) in [6.07, 6.45) is 0. The standard InChI is InChI=1S/C31H24/c1-23-20-26(30-18-10-8-16-28(30)24-12-4-2-5-13-24)22-27(21-23)31-19-11-9-17-29(31)25-14-6-3-7-15-25/h2-22H,1H3. The second-order valence-electron chi connectivity index (χ2n) is 7.91. The van der Waals surface area contributed by atoms with E-state index in [0.717, 1.165) is 0 Å². The third-order valence-electron chi connectivity index (χ3n) is 5.72. The molecule has 0 N–H and O–H groups in total. The molecule has 0 atom stereocenters. The van der Waals surface area contributed by atoms with Crippen molar-refractivity contribution in [2.75, 3.05) is 0 Å². The molecule has 0 aliphatic carbocycles. The van der Waals surface area contributed by atoms with Crippen LogP contribution in [0.4, 0.5) is 0 Å². The summed E-state index contributed by atoms with van der Waals surface area (Å²) in [6.45, 7) is 2.18. The summed E-state index contributed by atoms with van der Waals surface area (Å²) in [5.41, 5.74) is 11.3. The molecule has 0 nitrogen and oxygen atoms in total. The Bertz CT molecular complexity index is 1210. The zero-order chi connectivity index (χ0) is 21.0. The third kappa shape index (κ3) is 3.93. The zero-order valence-electron chi connectivity index (χ0n) is 17.6. The Labute approximate surface area is 184 Å². The van der Waals surface area contributed by atoms with Gasteiger partial charge in [0.15, 0.2) is 0 Å². The molecule has 5 aromatic carbocycles. The van der Waals surface area contributed by atoms with Crippen LogP contribution >= 0.6 is 0 Å². The Morgan fingerprint density at radius 1 is 0.323 bits per heavy atom. The summed E-state index contributed by atoms with van der Waals surface area (Å²) < 4.78 is 0. The van der Waals surface area contributed by atoms with Gasteiger partial charge in [0.2, 0.25) is 0 Å². The van der Waals surface area contributed by atoms with Crippen molar-refractivity contribution in [1.82, 2.24) is 0 Å². The largest absolute Gasteiger partial charge is 0.0622 e. The van der Waals surface area contributed by atoms with Crippen molar-refractivity contribution in [2.24, 2.45) is 0 Å². The maximum absolute atomic E-state index is 2.33. The first kappa shape index (κ1) is 19.1. The maximum atomic E-state index is 2.33. The number of aryl methyl sites for hydroxylation is 1. The molecule has 0 fully saturated rings. The minimum atomic E-state index is 1.24. The zero-order valence-corrected chi connectivity index (χ0v) is 17.6. The molecule has 0 unspecified atom stereocenters. The lowest BCUT2D eigenvalue weighted by Gasteiger charge is -2.15. The van der Waals surface area contributed by atoms with Gasteiger partial charge in [-0.1, -0.05) is 121 Å². The van der Waals surface area contributed by atoms with Gasteiger partial charge in [-0.25, -0.2) is 0 Å². The first-order valence-corrected chi connectivity index (χ1v) is 10.7. The average molecular weight is 397 g/mol. The van der Waals surface area contributed by atoms with Gasteiger partial charge in [-0.2, -0.15) is 0 Å². The maximum Gasteiger partial charge on any atom is -0.0105 e. The van der Waals surface area contributed by atoms with Crippen molar-refractivity contribution in [2.45, 2.75) is 6.92 Å². The van der Waals surface area contributed by atoms with Gasteiger partial charge >= 0.3 is 0 Å². The molecule has 0 bridgehead atoms. The fourth-order valence-electron chi connectivity index (χ4n) is 4.30. The molecule has 0 aromatic heterocycles. The van der Waals surface area contributed by atoms with E-state index < -0.39 is 0 Å². The van der Waals surface area contributed by atoms with Crippen LogP contribution in [-0.4, -0.2) is 0 Å². The van der Waals surface area contributed by atoms with Crippen LogP contribution in [0.25, 0.3) is 44.5 Å². The molecule has 0 spiro atoms. The molecule has 31 heavy (non-hydrogen) atoms. The Balaban J connectivity index is 1.68. The van der Waals surface area contributed by atoms with E-state index in [1.165, 1.54) is 50.1 Å². The second-order valence-corrected chi connectivity index (χ2v) is 7.91. The van der Waals surface area contributed by atoms with Gasteiger partial charge in [0.25, 0.3) is 0 Å². The Morgan fingerprint density at radius 2 is 0.645 bits per heavy atom. The van der Waals surface area contributed by atoms with Crippen molar-refractivity contribution in [3.63, 3.8) is 0 Å².